The lowest BCUT2D eigenvalue weighted by molar-refractivity contribution is -0.383. The zero-order chi connectivity index (χ0) is 16.8. The average molecular weight is 334 g/mol. The number of nitro groups is 1. The molecule has 0 atom stereocenters. The van der Waals surface area contributed by atoms with Gasteiger partial charge in [0.25, 0.3) is 11.6 Å². The molecule has 1 amide bonds. The molecule has 6 nitrogen and oxygen atoms in total. The number of amides is 1. The van der Waals surface area contributed by atoms with Crippen molar-refractivity contribution >= 4 is 28.9 Å². The van der Waals surface area contributed by atoms with E-state index in [9.17, 15) is 14.9 Å². The summed E-state index contributed by atoms with van der Waals surface area (Å²) in [4.78, 5) is 22.1. The molecule has 0 fully saturated rings. The van der Waals surface area contributed by atoms with E-state index in [1.807, 2.05) is 12.1 Å². The van der Waals surface area contributed by atoms with Crippen LogP contribution in [-0.2, 0) is 6.42 Å². The Morgan fingerprint density at radius 1 is 1.26 bits per heavy atom. The standard InChI is InChI=1S/C16H16ClN3O3/c1-18-16(21)12-4-2-3-11(9-12)7-8-19-14-6-5-13(17)10-15(14)20(22)23/h2-6,9-10,19H,7-8H2,1H3,(H,18,21). The summed E-state index contributed by atoms with van der Waals surface area (Å²) in [5.74, 6) is -0.145. The van der Waals surface area contributed by atoms with Crippen LogP contribution < -0.4 is 10.6 Å². The van der Waals surface area contributed by atoms with E-state index >= 15 is 0 Å². The molecule has 23 heavy (non-hydrogen) atoms. The highest BCUT2D eigenvalue weighted by molar-refractivity contribution is 6.30. The third-order valence-electron chi connectivity index (χ3n) is 3.30. The second-order valence-electron chi connectivity index (χ2n) is 4.87. The number of carbonyl (C=O) groups excluding carboxylic acids is 1. The molecular formula is C16H16ClN3O3. The van der Waals surface area contributed by atoms with Gasteiger partial charge in [0.05, 0.1) is 4.92 Å². The van der Waals surface area contributed by atoms with Crippen LogP contribution in [-0.4, -0.2) is 24.4 Å². The molecule has 2 N–H and O–H groups in total. The summed E-state index contributed by atoms with van der Waals surface area (Å²) < 4.78 is 0. The summed E-state index contributed by atoms with van der Waals surface area (Å²) >= 11 is 5.78. The van der Waals surface area contributed by atoms with Crippen molar-refractivity contribution in [3.63, 3.8) is 0 Å². The predicted octanol–water partition coefficient (Wildman–Crippen LogP) is 3.26. The first-order valence-electron chi connectivity index (χ1n) is 7.00. The molecule has 2 aromatic rings. The van der Waals surface area contributed by atoms with Crippen molar-refractivity contribution in [2.24, 2.45) is 0 Å². The van der Waals surface area contributed by atoms with Gasteiger partial charge < -0.3 is 10.6 Å². The molecule has 0 spiro atoms. The van der Waals surface area contributed by atoms with Crippen molar-refractivity contribution in [1.29, 1.82) is 0 Å². The molecule has 0 heterocycles. The van der Waals surface area contributed by atoms with E-state index in [1.54, 1.807) is 31.3 Å². The highest BCUT2D eigenvalue weighted by Gasteiger charge is 2.13. The average Bonchev–Trinajstić information content (AvgIpc) is 2.55. The van der Waals surface area contributed by atoms with Gasteiger partial charge in [-0.15, -0.1) is 0 Å². The van der Waals surface area contributed by atoms with Crippen molar-refractivity contribution in [3.05, 3.63) is 68.7 Å². The van der Waals surface area contributed by atoms with Crippen molar-refractivity contribution in [2.45, 2.75) is 6.42 Å². The lowest BCUT2D eigenvalue weighted by Crippen LogP contribution is -2.18. The van der Waals surface area contributed by atoms with E-state index in [0.29, 0.717) is 29.2 Å². The Balaban J connectivity index is 2.03. The predicted molar refractivity (Wildman–Crippen MR) is 90.1 cm³/mol. The SMILES string of the molecule is CNC(=O)c1cccc(CCNc2ccc(Cl)cc2[N+](=O)[O-])c1. The van der Waals surface area contributed by atoms with Crippen molar-refractivity contribution in [1.82, 2.24) is 5.32 Å². The van der Waals surface area contributed by atoms with E-state index in [0.717, 1.165) is 5.56 Å². The minimum absolute atomic E-state index is 0.0587. The Hall–Kier alpha value is -2.60. The number of rotatable bonds is 6. The normalized spacial score (nSPS) is 10.2. The number of benzene rings is 2. The minimum Gasteiger partial charge on any atom is -0.379 e. The van der Waals surface area contributed by atoms with Crippen LogP contribution in [0, 0.1) is 10.1 Å². The van der Waals surface area contributed by atoms with E-state index in [2.05, 4.69) is 10.6 Å². The monoisotopic (exact) mass is 333 g/mol. The van der Waals surface area contributed by atoms with Gasteiger partial charge in [0.2, 0.25) is 0 Å². The van der Waals surface area contributed by atoms with Gasteiger partial charge in [-0.1, -0.05) is 23.7 Å². The molecule has 0 bridgehead atoms. The number of nitrogens with zero attached hydrogens (tertiary/aromatic N) is 1. The quantitative estimate of drug-likeness (QED) is 0.627. The second kappa shape index (κ2) is 7.60. The highest BCUT2D eigenvalue weighted by Crippen LogP contribution is 2.27. The summed E-state index contributed by atoms with van der Waals surface area (Å²) in [5, 5.41) is 16.9. The lowest BCUT2D eigenvalue weighted by atomic mass is 10.1. The van der Waals surface area contributed by atoms with Crippen LogP contribution in [0.15, 0.2) is 42.5 Å². The molecule has 0 radical (unpaired) electrons. The third kappa shape index (κ3) is 4.43. The van der Waals surface area contributed by atoms with Gasteiger partial charge in [-0.05, 0) is 36.2 Å². The van der Waals surface area contributed by atoms with Crippen LogP contribution in [0.2, 0.25) is 5.02 Å². The van der Waals surface area contributed by atoms with Crippen LogP contribution in [0.25, 0.3) is 0 Å². The Kier molecular flexibility index (Phi) is 5.54. The Morgan fingerprint density at radius 3 is 2.74 bits per heavy atom. The van der Waals surface area contributed by atoms with E-state index in [4.69, 9.17) is 11.6 Å². The van der Waals surface area contributed by atoms with Gasteiger partial charge in [0.15, 0.2) is 0 Å². The van der Waals surface area contributed by atoms with Gasteiger partial charge in [0, 0.05) is 30.2 Å². The number of carbonyl (C=O) groups is 1. The fourth-order valence-corrected chi connectivity index (χ4v) is 2.33. The van der Waals surface area contributed by atoms with Gasteiger partial charge in [-0.2, -0.15) is 0 Å². The van der Waals surface area contributed by atoms with E-state index in [-0.39, 0.29) is 11.6 Å². The van der Waals surface area contributed by atoms with Crippen LogP contribution in [0.5, 0.6) is 0 Å². The zero-order valence-electron chi connectivity index (χ0n) is 12.5. The number of anilines is 1. The number of halogens is 1. The molecule has 0 unspecified atom stereocenters. The molecule has 0 aromatic heterocycles. The van der Waals surface area contributed by atoms with E-state index in [1.165, 1.54) is 6.07 Å². The molecule has 2 rings (SSSR count). The maximum Gasteiger partial charge on any atom is 0.293 e. The third-order valence-corrected chi connectivity index (χ3v) is 3.54. The Labute approximate surface area is 138 Å². The van der Waals surface area contributed by atoms with Crippen molar-refractivity contribution in [3.8, 4) is 0 Å². The van der Waals surface area contributed by atoms with Crippen LogP contribution >= 0.6 is 11.6 Å². The zero-order valence-corrected chi connectivity index (χ0v) is 13.3. The van der Waals surface area contributed by atoms with Gasteiger partial charge >= 0.3 is 0 Å². The van der Waals surface area contributed by atoms with Crippen molar-refractivity contribution < 1.29 is 9.72 Å². The molecule has 0 aliphatic heterocycles. The fraction of sp³-hybridized carbons (Fsp3) is 0.188. The molecule has 0 saturated carbocycles. The molecule has 0 aliphatic carbocycles. The van der Waals surface area contributed by atoms with E-state index < -0.39 is 4.92 Å². The summed E-state index contributed by atoms with van der Waals surface area (Å²) in [7, 11) is 1.58. The minimum atomic E-state index is -0.472. The Morgan fingerprint density at radius 2 is 2.04 bits per heavy atom. The molecular weight excluding hydrogens is 318 g/mol. The molecule has 7 heteroatoms. The Bertz CT molecular complexity index is 734. The summed E-state index contributed by atoms with van der Waals surface area (Å²) in [6, 6.07) is 11.8. The second-order valence-corrected chi connectivity index (χ2v) is 5.31. The first kappa shape index (κ1) is 16.8. The fourth-order valence-electron chi connectivity index (χ4n) is 2.16. The molecule has 0 saturated heterocycles. The summed E-state index contributed by atoms with van der Waals surface area (Å²) in [5.41, 5.74) is 1.91. The maximum absolute atomic E-state index is 11.6. The molecule has 120 valence electrons. The number of hydrogen-bond acceptors (Lipinski definition) is 4. The first-order valence-corrected chi connectivity index (χ1v) is 7.38. The van der Waals surface area contributed by atoms with Gasteiger partial charge in [-0.25, -0.2) is 0 Å². The summed E-state index contributed by atoms with van der Waals surface area (Å²) in [6.07, 6.45) is 0.630. The highest BCUT2D eigenvalue weighted by atomic mass is 35.5. The smallest absolute Gasteiger partial charge is 0.293 e. The first-order chi connectivity index (χ1) is 11.0. The van der Waals surface area contributed by atoms with Gasteiger partial charge in [0.1, 0.15) is 5.69 Å². The largest absolute Gasteiger partial charge is 0.379 e. The summed E-state index contributed by atoms with van der Waals surface area (Å²) in [6.45, 7) is 0.500. The number of nitrogens with one attached hydrogen (secondary N) is 2. The molecule has 2 aromatic carbocycles. The lowest BCUT2D eigenvalue weighted by Gasteiger charge is -2.08. The maximum atomic E-state index is 11.6. The topological polar surface area (TPSA) is 84.3 Å². The van der Waals surface area contributed by atoms with Gasteiger partial charge in [-0.3, -0.25) is 14.9 Å². The van der Waals surface area contributed by atoms with Crippen molar-refractivity contribution in [2.75, 3.05) is 18.9 Å². The number of hydrogen-bond donors (Lipinski definition) is 2. The number of nitro benzene ring substituents is 1. The van der Waals surface area contributed by atoms with Crippen LogP contribution in [0.4, 0.5) is 11.4 Å². The van der Waals surface area contributed by atoms with Crippen LogP contribution in [0.3, 0.4) is 0 Å². The molecule has 0 aliphatic rings. The van der Waals surface area contributed by atoms with Crippen LogP contribution in [0.1, 0.15) is 15.9 Å².